The zero-order valence-corrected chi connectivity index (χ0v) is 18.1. The molecule has 0 fully saturated rings. The summed E-state index contributed by atoms with van der Waals surface area (Å²) in [6, 6.07) is 11.1. The normalized spacial score (nSPS) is 12.2. The Hall–Kier alpha value is -1.67. The number of rotatable bonds is 4. The van der Waals surface area contributed by atoms with Crippen molar-refractivity contribution in [2.45, 2.75) is 4.75 Å². The second-order valence-electron chi connectivity index (χ2n) is 6.12. The zero-order valence-electron chi connectivity index (χ0n) is 14.3. The van der Waals surface area contributed by atoms with Crippen LogP contribution in [0.15, 0.2) is 54.6 Å². The smallest absolute Gasteiger partial charge is 0.283 e. The number of hydrogen-bond donors (Lipinski definition) is 3. The molecule has 0 atom stereocenters. The molecule has 0 unspecified atom stereocenters. The van der Waals surface area contributed by atoms with E-state index in [1.807, 2.05) is 0 Å². The number of benzene rings is 3. The molecule has 0 aliphatic rings. The van der Waals surface area contributed by atoms with Gasteiger partial charge in [-0.25, -0.2) is 0 Å². The quantitative estimate of drug-likeness (QED) is 0.239. The summed E-state index contributed by atoms with van der Waals surface area (Å²) in [5.74, 6) is -0.844. The second kappa shape index (κ2) is 7.87. The molecule has 3 aromatic rings. The van der Waals surface area contributed by atoms with Crippen LogP contribution in [0.4, 0.5) is 0 Å². The summed E-state index contributed by atoms with van der Waals surface area (Å²) in [5.41, 5.74) is -0.417. The number of halogens is 4. The second-order valence-corrected chi connectivity index (χ2v) is 9.31. The molecule has 0 aromatic heterocycles. The third-order valence-electron chi connectivity index (χ3n) is 4.40. The van der Waals surface area contributed by atoms with Gasteiger partial charge in [0.2, 0.25) is 0 Å². The van der Waals surface area contributed by atoms with Crippen LogP contribution in [0.3, 0.4) is 0 Å². The van der Waals surface area contributed by atoms with Gasteiger partial charge in [0.15, 0.2) is 4.75 Å². The third-order valence-corrected chi connectivity index (χ3v) is 7.34. The van der Waals surface area contributed by atoms with Gasteiger partial charge in [0.05, 0.1) is 20.1 Å². The highest BCUT2D eigenvalue weighted by atomic mass is 35.5. The summed E-state index contributed by atoms with van der Waals surface area (Å²) < 4.78 is 33.9. The summed E-state index contributed by atoms with van der Waals surface area (Å²) in [4.78, 5) is 0. The van der Waals surface area contributed by atoms with Gasteiger partial charge < -0.3 is 10.2 Å². The highest BCUT2D eigenvalue weighted by Crippen LogP contribution is 2.49. The summed E-state index contributed by atoms with van der Waals surface area (Å²) in [6.45, 7) is 0. The first-order valence-corrected chi connectivity index (χ1v) is 10.8. The maximum Gasteiger partial charge on any atom is 0.283 e. The van der Waals surface area contributed by atoms with Crippen molar-refractivity contribution in [3.05, 3.63) is 91.4 Å². The number of phenols is 2. The van der Waals surface area contributed by atoms with Crippen LogP contribution in [0.25, 0.3) is 0 Å². The molecule has 152 valence electrons. The predicted molar refractivity (Wildman–Crippen MR) is 114 cm³/mol. The summed E-state index contributed by atoms with van der Waals surface area (Å²) in [5, 5.41) is 20.8. The fraction of sp³-hybridized carbons (Fsp3) is 0.0526. The molecule has 0 amide bonds. The van der Waals surface area contributed by atoms with Crippen LogP contribution in [0.5, 0.6) is 11.5 Å². The van der Waals surface area contributed by atoms with Crippen molar-refractivity contribution in [3.8, 4) is 11.5 Å². The topological polar surface area (TPSA) is 94.8 Å². The fourth-order valence-corrected chi connectivity index (χ4v) is 5.04. The third kappa shape index (κ3) is 3.77. The molecule has 0 heterocycles. The SMILES string of the molecule is O=S(=O)(O)C(c1ccc(Cl)c(Cl)c1)(c1ccc(Cl)c(Cl)c1)c1cc(O)ccc1O. The minimum atomic E-state index is -5.06. The van der Waals surface area contributed by atoms with Crippen LogP contribution in [-0.2, 0) is 14.9 Å². The van der Waals surface area contributed by atoms with Crippen molar-refractivity contribution >= 4 is 56.5 Å². The molecule has 0 radical (unpaired) electrons. The zero-order chi connectivity index (χ0) is 21.6. The largest absolute Gasteiger partial charge is 0.508 e. The van der Waals surface area contributed by atoms with Crippen LogP contribution in [0.1, 0.15) is 16.7 Å². The molecule has 3 N–H and O–H groups in total. The van der Waals surface area contributed by atoms with Crippen LogP contribution >= 0.6 is 46.4 Å². The lowest BCUT2D eigenvalue weighted by Gasteiger charge is -2.33. The van der Waals surface area contributed by atoms with Gasteiger partial charge in [0.1, 0.15) is 11.5 Å². The minimum Gasteiger partial charge on any atom is -0.508 e. The first-order chi connectivity index (χ1) is 13.5. The van der Waals surface area contributed by atoms with Gasteiger partial charge in [0.25, 0.3) is 10.1 Å². The van der Waals surface area contributed by atoms with E-state index in [1.54, 1.807) is 0 Å². The monoisotopic (exact) mass is 492 g/mol. The summed E-state index contributed by atoms with van der Waals surface area (Å²) in [6.07, 6.45) is 0. The van der Waals surface area contributed by atoms with E-state index in [2.05, 4.69) is 0 Å². The Kier molecular flexibility index (Phi) is 5.98. The Balaban J connectivity index is 2.58. The van der Waals surface area contributed by atoms with Gasteiger partial charge in [-0.1, -0.05) is 58.5 Å². The van der Waals surface area contributed by atoms with E-state index in [-0.39, 0.29) is 42.5 Å². The van der Waals surface area contributed by atoms with Crippen molar-refractivity contribution in [2.24, 2.45) is 0 Å². The van der Waals surface area contributed by atoms with Crippen LogP contribution in [0, 0.1) is 0 Å². The van der Waals surface area contributed by atoms with E-state index in [0.29, 0.717) is 0 Å². The van der Waals surface area contributed by atoms with Gasteiger partial charge in [-0.3, -0.25) is 4.55 Å². The first-order valence-electron chi connectivity index (χ1n) is 7.89. The Morgan fingerprint density at radius 2 is 1.17 bits per heavy atom. The van der Waals surface area contributed by atoms with Crippen LogP contribution in [0.2, 0.25) is 20.1 Å². The Morgan fingerprint density at radius 1 is 0.690 bits per heavy atom. The average molecular weight is 494 g/mol. The van der Waals surface area contributed by atoms with Crippen LogP contribution < -0.4 is 0 Å². The lowest BCUT2D eigenvalue weighted by atomic mass is 9.83. The molecular weight excluding hydrogens is 482 g/mol. The Bertz CT molecular complexity index is 1160. The van der Waals surface area contributed by atoms with E-state index in [4.69, 9.17) is 46.4 Å². The van der Waals surface area contributed by atoms with Gasteiger partial charge >= 0.3 is 0 Å². The molecule has 5 nitrogen and oxygen atoms in total. The maximum atomic E-state index is 12.9. The molecule has 0 aliphatic carbocycles. The van der Waals surface area contributed by atoms with Crippen molar-refractivity contribution in [3.63, 3.8) is 0 Å². The highest BCUT2D eigenvalue weighted by molar-refractivity contribution is 7.87. The Morgan fingerprint density at radius 3 is 1.59 bits per heavy atom. The number of hydrogen-bond acceptors (Lipinski definition) is 4. The predicted octanol–water partition coefficient (Wildman–Crippen LogP) is 5.89. The molecular formula is C19H12Cl4O5S. The molecule has 3 aromatic carbocycles. The lowest BCUT2D eigenvalue weighted by Crippen LogP contribution is -2.38. The van der Waals surface area contributed by atoms with E-state index in [1.165, 1.54) is 36.4 Å². The van der Waals surface area contributed by atoms with Crippen molar-refractivity contribution < 1.29 is 23.2 Å². The fourth-order valence-electron chi connectivity index (χ4n) is 3.15. The molecule has 0 spiro atoms. The summed E-state index contributed by atoms with van der Waals surface area (Å²) in [7, 11) is -5.06. The Labute approximate surface area is 186 Å². The van der Waals surface area contributed by atoms with Crippen molar-refractivity contribution in [1.29, 1.82) is 0 Å². The molecule has 0 bridgehead atoms. The maximum absolute atomic E-state index is 12.9. The first kappa shape index (κ1) is 22.0. The van der Waals surface area contributed by atoms with Crippen molar-refractivity contribution in [1.82, 2.24) is 0 Å². The molecule has 10 heteroatoms. The number of phenolic OH excluding ortho intramolecular Hbond substituents is 2. The minimum absolute atomic E-state index is 0.0110. The molecule has 0 saturated heterocycles. The van der Waals surface area contributed by atoms with Crippen molar-refractivity contribution in [2.75, 3.05) is 0 Å². The van der Waals surface area contributed by atoms with Gasteiger partial charge in [0, 0.05) is 5.56 Å². The summed E-state index contributed by atoms with van der Waals surface area (Å²) >= 11 is 24.1. The lowest BCUT2D eigenvalue weighted by molar-refractivity contribution is 0.434. The van der Waals surface area contributed by atoms with Gasteiger partial charge in [-0.15, -0.1) is 0 Å². The average Bonchev–Trinajstić information content (AvgIpc) is 2.63. The molecule has 0 aliphatic heterocycles. The molecule has 29 heavy (non-hydrogen) atoms. The number of aromatic hydroxyl groups is 2. The van der Waals surface area contributed by atoms with E-state index >= 15 is 0 Å². The van der Waals surface area contributed by atoms with Gasteiger partial charge in [-0.2, -0.15) is 8.42 Å². The van der Waals surface area contributed by atoms with Gasteiger partial charge in [-0.05, 0) is 53.6 Å². The van der Waals surface area contributed by atoms with E-state index in [0.717, 1.165) is 18.2 Å². The van der Waals surface area contributed by atoms with Crippen LogP contribution in [-0.4, -0.2) is 23.2 Å². The molecule has 3 rings (SSSR count). The highest BCUT2D eigenvalue weighted by Gasteiger charge is 2.50. The van der Waals surface area contributed by atoms with E-state index < -0.39 is 20.6 Å². The molecule has 0 saturated carbocycles. The standard InChI is InChI=1S/C19H12Cl4O5S/c20-14-4-1-10(7-16(14)22)19(29(26,27)28,11-2-5-15(21)17(23)8-11)13-9-12(24)3-6-18(13)25/h1-9,24-25H,(H,26,27,28). The van der Waals surface area contributed by atoms with E-state index in [9.17, 15) is 23.2 Å².